The van der Waals surface area contributed by atoms with Crippen LogP contribution in [-0.4, -0.2) is 99.2 Å². The van der Waals surface area contributed by atoms with Gasteiger partial charge in [-0.05, 0) is 43.3 Å². The second kappa shape index (κ2) is 19.6. The monoisotopic (exact) mass is 639 g/mol. The lowest BCUT2D eigenvalue weighted by Crippen LogP contribution is -2.61. The van der Waals surface area contributed by atoms with Crippen molar-refractivity contribution in [3.05, 3.63) is 35.9 Å². The maximum absolute atomic E-state index is 13.5. The summed E-state index contributed by atoms with van der Waals surface area (Å²) >= 11 is 1.42. The minimum atomic E-state index is -1.54. The number of carboxylic acids is 2. The topological polar surface area (TPSA) is 237 Å². The molecule has 0 fully saturated rings. The molecule has 0 aliphatic carbocycles. The first-order valence-corrected chi connectivity index (χ1v) is 15.7. The van der Waals surface area contributed by atoms with Crippen molar-refractivity contribution >= 4 is 47.3 Å². The highest BCUT2D eigenvalue weighted by molar-refractivity contribution is 7.98. The van der Waals surface area contributed by atoms with Crippen LogP contribution in [0, 0.1) is 5.92 Å². The summed E-state index contributed by atoms with van der Waals surface area (Å²) in [4.78, 5) is 75.2. The van der Waals surface area contributed by atoms with Gasteiger partial charge in [-0.2, -0.15) is 11.8 Å². The predicted octanol–water partition coefficient (Wildman–Crippen LogP) is -0.375. The van der Waals surface area contributed by atoms with Crippen LogP contribution in [0.4, 0.5) is 0 Å². The summed E-state index contributed by atoms with van der Waals surface area (Å²) in [5.41, 5.74) is 6.47. The average molecular weight is 640 g/mol. The van der Waals surface area contributed by atoms with Crippen LogP contribution >= 0.6 is 11.8 Å². The van der Waals surface area contributed by atoms with Crippen LogP contribution in [0.5, 0.6) is 0 Å². The summed E-state index contributed by atoms with van der Waals surface area (Å²) in [6, 6.07) is 2.34. The number of hydrogen-bond acceptors (Lipinski definition) is 9. The van der Waals surface area contributed by atoms with Gasteiger partial charge >= 0.3 is 11.9 Å². The number of hydrogen-bond donors (Lipinski definition) is 8. The van der Waals surface area contributed by atoms with Gasteiger partial charge in [0.15, 0.2) is 0 Å². The molecule has 0 bridgehead atoms. The molecule has 0 saturated carbocycles. The zero-order valence-corrected chi connectivity index (χ0v) is 26.3. The summed E-state index contributed by atoms with van der Waals surface area (Å²) in [5, 5.41) is 38.7. The largest absolute Gasteiger partial charge is 0.481 e. The third-order valence-corrected chi connectivity index (χ3v) is 7.65. The van der Waals surface area contributed by atoms with Crippen molar-refractivity contribution in [1.29, 1.82) is 0 Å². The van der Waals surface area contributed by atoms with E-state index in [1.165, 1.54) is 18.7 Å². The lowest BCUT2D eigenvalue weighted by Gasteiger charge is -2.28. The van der Waals surface area contributed by atoms with Gasteiger partial charge in [-0.1, -0.05) is 50.6 Å². The molecule has 0 aliphatic heterocycles. The number of nitrogens with two attached hydrogens (primary N) is 1. The molecule has 0 heterocycles. The molecule has 0 aliphatic rings. The Morgan fingerprint density at radius 3 is 1.91 bits per heavy atom. The zero-order valence-electron chi connectivity index (χ0n) is 25.4. The summed E-state index contributed by atoms with van der Waals surface area (Å²) < 4.78 is 0. The summed E-state index contributed by atoms with van der Waals surface area (Å²) in [6.45, 7) is 4.66. The molecule has 0 unspecified atom stereocenters. The number of aliphatic hydroxyl groups excluding tert-OH is 1. The third-order valence-electron chi connectivity index (χ3n) is 7.00. The van der Waals surface area contributed by atoms with Gasteiger partial charge in [-0.15, -0.1) is 0 Å². The molecule has 15 heteroatoms. The van der Waals surface area contributed by atoms with Crippen molar-refractivity contribution in [2.24, 2.45) is 11.7 Å². The molecule has 0 saturated heterocycles. The van der Waals surface area contributed by atoms with Gasteiger partial charge in [-0.3, -0.25) is 24.0 Å². The van der Waals surface area contributed by atoms with Crippen LogP contribution in [0.25, 0.3) is 0 Å². The van der Waals surface area contributed by atoms with Crippen LogP contribution in [0.1, 0.15) is 52.0 Å². The number of aliphatic hydroxyl groups is 1. The Morgan fingerprint density at radius 1 is 0.818 bits per heavy atom. The fraction of sp³-hybridized carbons (Fsp3) is 0.586. The van der Waals surface area contributed by atoms with E-state index in [0.29, 0.717) is 17.7 Å². The number of thioether (sulfide) groups is 1. The summed E-state index contributed by atoms with van der Waals surface area (Å²) in [5.74, 6) is -5.54. The van der Waals surface area contributed by atoms with Crippen molar-refractivity contribution in [2.45, 2.75) is 89.2 Å². The van der Waals surface area contributed by atoms with Crippen LogP contribution in [-0.2, 0) is 35.2 Å². The molecule has 14 nitrogen and oxygen atoms in total. The second-order valence-electron chi connectivity index (χ2n) is 10.6. The molecule has 0 radical (unpaired) electrons. The number of rotatable bonds is 20. The number of carbonyl (C=O) groups excluding carboxylic acids is 4. The van der Waals surface area contributed by atoms with E-state index in [1.54, 1.807) is 50.4 Å². The van der Waals surface area contributed by atoms with E-state index in [-0.39, 0.29) is 25.7 Å². The molecule has 44 heavy (non-hydrogen) atoms. The quantitative estimate of drug-likeness (QED) is 0.0915. The molecular weight excluding hydrogens is 594 g/mol. The highest BCUT2D eigenvalue weighted by Gasteiger charge is 2.34. The van der Waals surface area contributed by atoms with E-state index in [1.807, 2.05) is 0 Å². The maximum atomic E-state index is 13.5. The van der Waals surface area contributed by atoms with Gasteiger partial charge in [-0.25, -0.2) is 4.79 Å². The van der Waals surface area contributed by atoms with Crippen molar-refractivity contribution in [2.75, 3.05) is 12.0 Å². The summed E-state index contributed by atoms with van der Waals surface area (Å²) in [6.07, 6.45) is 0.524. The average Bonchev–Trinajstić information content (AvgIpc) is 2.98. The van der Waals surface area contributed by atoms with Gasteiger partial charge in [0.05, 0.1) is 12.1 Å². The Labute approximate surface area is 261 Å². The van der Waals surface area contributed by atoms with E-state index in [4.69, 9.17) is 10.8 Å². The Hall–Kier alpha value is -3.69. The predicted molar refractivity (Wildman–Crippen MR) is 164 cm³/mol. The fourth-order valence-corrected chi connectivity index (χ4v) is 4.58. The maximum Gasteiger partial charge on any atom is 0.326 e. The first-order valence-electron chi connectivity index (χ1n) is 14.3. The molecule has 1 aromatic carbocycles. The van der Waals surface area contributed by atoms with Crippen LogP contribution in [0.15, 0.2) is 30.3 Å². The Morgan fingerprint density at radius 2 is 1.39 bits per heavy atom. The van der Waals surface area contributed by atoms with Gasteiger partial charge in [0.2, 0.25) is 23.6 Å². The molecule has 246 valence electrons. The van der Waals surface area contributed by atoms with E-state index in [2.05, 4.69) is 21.3 Å². The molecule has 1 aromatic rings. The molecule has 0 spiro atoms. The number of amides is 4. The highest BCUT2D eigenvalue weighted by atomic mass is 32.2. The van der Waals surface area contributed by atoms with Gasteiger partial charge in [0.25, 0.3) is 0 Å². The fourth-order valence-electron chi connectivity index (χ4n) is 4.11. The van der Waals surface area contributed by atoms with Gasteiger partial charge < -0.3 is 42.3 Å². The van der Waals surface area contributed by atoms with Crippen LogP contribution < -0.4 is 27.0 Å². The lowest BCUT2D eigenvalue weighted by atomic mass is 9.98. The number of aliphatic carboxylic acids is 2. The summed E-state index contributed by atoms with van der Waals surface area (Å²) in [7, 11) is 0. The second-order valence-corrected chi connectivity index (χ2v) is 11.6. The van der Waals surface area contributed by atoms with E-state index in [9.17, 15) is 39.0 Å². The van der Waals surface area contributed by atoms with Gasteiger partial charge in [0, 0.05) is 12.8 Å². The normalized spacial score (nSPS) is 15.8. The van der Waals surface area contributed by atoms with Crippen LogP contribution in [0.3, 0.4) is 0 Å². The minimum Gasteiger partial charge on any atom is -0.481 e. The first-order chi connectivity index (χ1) is 20.7. The smallest absolute Gasteiger partial charge is 0.326 e. The SMILES string of the molecule is CC[C@H](C)[C@H](NC(=O)[C@@H](NC(=O)[C@H](Cc1ccccc1)NC(=O)[C@H](CCSC)NC(=O)[C@@H](N)CCC(=O)O)[C@@H](C)O)C(=O)O. The lowest BCUT2D eigenvalue weighted by molar-refractivity contribution is -0.144. The molecule has 0 aromatic heterocycles. The Balaban J connectivity index is 3.22. The Kier molecular flexibility index (Phi) is 17.0. The molecule has 9 N–H and O–H groups in total. The standard InChI is InChI=1S/C29H45N5O9S/c1-5-16(2)23(29(42)43)33-28(41)24(17(3)35)34-27(40)21(15-18-9-7-6-8-10-18)32-26(39)20(13-14-44-4)31-25(38)19(30)11-12-22(36)37/h6-10,16-17,19-21,23-24,35H,5,11-15,30H2,1-4H3,(H,31,38)(H,32,39)(H,33,41)(H,34,40)(H,36,37)(H,42,43)/t16-,17+,19-,20-,21-,23-,24-/m0/s1. The number of carbonyl (C=O) groups is 6. The molecule has 4 amide bonds. The molecule has 7 atom stereocenters. The van der Waals surface area contributed by atoms with E-state index < -0.39 is 77.8 Å². The number of nitrogens with one attached hydrogen (secondary N) is 4. The first kappa shape index (κ1) is 38.3. The van der Waals surface area contributed by atoms with Gasteiger partial charge in [0.1, 0.15) is 24.2 Å². The number of carboxylic acid groups (broad SMARTS) is 2. The van der Waals surface area contributed by atoms with Crippen molar-refractivity contribution in [3.63, 3.8) is 0 Å². The molecule has 1 rings (SSSR count). The highest BCUT2D eigenvalue weighted by Crippen LogP contribution is 2.10. The van der Waals surface area contributed by atoms with E-state index in [0.717, 1.165) is 0 Å². The minimum absolute atomic E-state index is 0.0154. The van der Waals surface area contributed by atoms with Crippen molar-refractivity contribution in [1.82, 2.24) is 21.3 Å². The van der Waals surface area contributed by atoms with E-state index >= 15 is 0 Å². The third kappa shape index (κ3) is 13.3. The van der Waals surface area contributed by atoms with Crippen molar-refractivity contribution in [3.8, 4) is 0 Å². The number of benzene rings is 1. The van der Waals surface area contributed by atoms with Crippen LogP contribution in [0.2, 0.25) is 0 Å². The molecular formula is C29H45N5O9S. The Bertz CT molecular complexity index is 1120. The zero-order chi connectivity index (χ0) is 33.4. The van der Waals surface area contributed by atoms with Crippen molar-refractivity contribution < 1.29 is 44.1 Å².